The fourth-order valence-corrected chi connectivity index (χ4v) is 0.911. The van der Waals surface area contributed by atoms with Gasteiger partial charge in [-0.1, -0.05) is 12.7 Å². The third-order valence-corrected chi connectivity index (χ3v) is 1.40. The highest BCUT2D eigenvalue weighted by Gasteiger charge is 2.24. The third kappa shape index (κ3) is 1.26. The SMILES string of the molecule is C=C1CC(C=CC)OC1=O. The van der Waals surface area contributed by atoms with Crippen LogP contribution in [0.2, 0.25) is 0 Å². The molecule has 2 heteroatoms. The fraction of sp³-hybridized carbons (Fsp3) is 0.375. The zero-order chi connectivity index (χ0) is 7.56. The molecule has 10 heavy (non-hydrogen) atoms. The number of cyclic esters (lactones) is 1. The maximum absolute atomic E-state index is 10.7. The Morgan fingerprint density at radius 1 is 1.80 bits per heavy atom. The largest absolute Gasteiger partial charge is 0.454 e. The van der Waals surface area contributed by atoms with Crippen molar-refractivity contribution in [2.45, 2.75) is 19.4 Å². The van der Waals surface area contributed by atoms with Crippen LogP contribution in [0, 0.1) is 0 Å². The Bertz CT molecular complexity index is 175. The van der Waals surface area contributed by atoms with E-state index in [0.717, 1.165) is 0 Å². The first kappa shape index (κ1) is 7.06. The second kappa shape index (κ2) is 2.69. The van der Waals surface area contributed by atoms with Crippen molar-refractivity contribution in [2.75, 3.05) is 0 Å². The van der Waals surface area contributed by atoms with Crippen molar-refractivity contribution in [3.05, 3.63) is 24.3 Å². The lowest BCUT2D eigenvalue weighted by atomic mass is 10.2. The maximum Gasteiger partial charge on any atom is 0.334 e. The normalized spacial score (nSPS) is 25.9. The molecule has 54 valence electrons. The summed E-state index contributed by atoms with van der Waals surface area (Å²) in [7, 11) is 0. The van der Waals surface area contributed by atoms with Gasteiger partial charge in [0.05, 0.1) is 0 Å². The summed E-state index contributed by atoms with van der Waals surface area (Å²) < 4.78 is 4.89. The molecular formula is C8H10O2. The van der Waals surface area contributed by atoms with Crippen LogP contribution in [0.5, 0.6) is 0 Å². The van der Waals surface area contributed by atoms with Gasteiger partial charge in [-0.25, -0.2) is 4.79 Å². The number of carbonyl (C=O) groups excluding carboxylic acids is 1. The van der Waals surface area contributed by atoms with Gasteiger partial charge in [-0.2, -0.15) is 0 Å². The predicted molar refractivity (Wildman–Crippen MR) is 38.5 cm³/mol. The van der Waals surface area contributed by atoms with E-state index in [9.17, 15) is 4.79 Å². The standard InChI is InChI=1S/C8H10O2/c1-3-4-7-5-6(2)8(9)10-7/h3-4,7H,2,5H2,1H3. The Morgan fingerprint density at radius 3 is 2.90 bits per heavy atom. The maximum atomic E-state index is 10.7. The zero-order valence-corrected chi connectivity index (χ0v) is 5.96. The van der Waals surface area contributed by atoms with E-state index in [1.165, 1.54) is 0 Å². The van der Waals surface area contributed by atoms with Crippen molar-refractivity contribution in [3.63, 3.8) is 0 Å². The topological polar surface area (TPSA) is 26.3 Å². The Kier molecular flexibility index (Phi) is 1.90. The van der Waals surface area contributed by atoms with E-state index in [1.807, 2.05) is 19.1 Å². The molecule has 1 saturated heterocycles. The Hall–Kier alpha value is -1.05. The summed E-state index contributed by atoms with van der Waals surface area (Å²) in [5.74, 6) is -0.261. The summed E-state index contributed by atoms with van der Waals surface area (Å²) in [4.78, 5) is 10.7. The van der Waals surface area contributed by atoms with Crippen molar-refractivity contribution in [3.8, 4) is 0 Å². The lowest BCUT2D eigenvalue weighted by molar-refractivity contribution is -0.137. The van der Waals surface area contributed by atoms with E-state index in [1.54, 1.807) is 0 Å². The van der Waals surface area contributed by atoms with Crippen molar-refractivity contribution >= 4 is 5.97 Å². The number of ether oxygens (including phenoxy) is 1. The third-order valence-electron chi connectivity index (χ3n) is 1.40. The van der Waals surface area contributed by atoms with E-state index in [0.29, 0.717) is 12.0 Å². The van der Waals surface area contributed by atoms with Gasteiger partial charge in [0, 0.05) is 12.0 Å². The molecule has 0 N–H and O–H groups in total. The van der Waals surface area contributed by atoms with Crippen LogP contribution in [0.15, 0.2) is 24.3 Å². The van der Waals surface area contributed by atoms with E-state index >= 15 is 0 Å². The van der Waals surface area contributed by atoms with Crippen LogP contribution in [0.25, 0.3) is 0 Å². The molecular weight excluding hydrogens is 128 g/mol. The second-order valence-electron chi connectivity index (χ2n) is 2.28. The van der Waals surface area contributed by atoms with Gasteiger partial charge >= 0.3 is 5.97 Å². The summed E-state index contributed by atoms with van der Waals surface area (Å²) in [5.41, 5.74) is 0.572. The molecule has 0 amide bonds. The zero-order valence-electron chi connectivity index (χ0n) is 5.96. The molecule has 0 saturated carbocycles. The molecule has 1 aliphatic heterocycles. The molecule has 1 heterocycles. The van der Waals surface area contributed by atoms with Gasteiger partial charge in [-0.05, 0) is 13.0 Å². The van der Waals surface area contributed by atoms with E-state index in [-0.39, 0.29) is 12.1 Å². The Balaban J connectivity index is 2.57. The van der Waals surface area contributed by atoms with E-state index in [4.69, 9.17) is 4.74 Å². The average molecular weight is 138 g/mol. The molecule has 0 spiro atoms. The van der Waals surface area contributed by atoms with Gasteiger partial charge in [0.2, 0.25) is 0 Å². The Labute approximate surface area is 60.2 Å². The molecule has 1 rings (SSSR count). The van der Waals surface area contributed by atoms with Gasteiger partial charge in [0.1, 0.15) is 6.10 Å². The first-order valence-electron chi connectivity index (χ1n) is 3.25. The first-order chi connectivity index (χ1) is 4.74. The molecule has 0 aromatic heterocycles. The molecule has 1 unspecified atom stereocenters. The first-order valence-corrected chi connectivity index (χ1v) is 3.25. The van der Waals surface area contributed by atoms with Crippen molar-refractivity contribution in [1.29, 1.82) is 0 Å². The van der Waals surface area contributed by atoms with Gasteiger partial charge in [-0.15, -0.1) is 0 Å². The number of hydrogen-bond acceptors (Lipinski definition) is 2. The minimum atomic E-state index is -0.261. The smallest absolute Gasteiger partial charge is 0.334 e. The predicted octanol–water partition coefficient (Wildman–Crippen LogP) is 1.43. The van der Waals surface area contributed by atoms with Crippen LogP contribution in [-0.4, -0.2) is 12.1 Å². The molecule has 0 radical (unpaired) electrons. The van der Waals surface area contributed by atoms with Gasteiger partial charge in [0.15, 0.2) is 0 Å². The van der Waals surface area contributed by atoms with Crippen molar-refractivity contribution in [1.82, 2.24) is 0 Å². The van der Waals surface area contributed by atoms with Crippen molar-refractivity contribution in [2.24, 2.45) is 0 Å². The number of esters is 1. The van der Waals surface area contributed by atoms with E-state index < -0.39 is 0 Å². The molecule has 0 aromatic carbocycles. The number of carbonyl (C=O) groups is 1. The second-order valence-corrected chi connectivity index (χ2v) is 2.28. The van der Waals surface area contributed by atoms with E-state index in [2.05, 4.69) is 6.58 Å². The minimum absolute atomic E-state index is 0.0648. The summed E-state index contributed by atoms with van der Waals surface area (Å²) in [5, 5.41) is 0. The highest BCUT2D eigenvalue weighted by molar-refractivity contribution is 5.90. The minimum Gasteiger partial charge on any atom is -0.454 e. The molecule has 1 aliphatic rings. The number of hydrogen-bond donors (Lipinski definition) is 0. The quantitative estimate of drug-likeness (QED) is 0.311. The lowest BCUT2D eigenvalue weighted by Crippen LogP contribution is -2.01. The van der Waals surface area contributed by atoms with Crippen LogP contribution in [0.3, 0.4) is 0 Å². The highest BCUT2D eigenvalue weighted by atomic mass is 16.5. The number of allylic oxidation sites excluding steroid dienone is 1. The lowest BCUT2D eigenvalue weighted by Gasteiger charge is -1.98. The van der Waals surface area contributed by atoms with Gasteiger partial charge in [0.25, 0.3) is 0 Å². The number of rotatable bonds is 1. The van der Waals surface area contributed by atoms with Gasteiger partial charge in [-0.3, -0.25) is 0 Å². The molecule has 1 fully saturated rings. The fourth-order valence-electron chi connectivity index (χ4n) is 0.911. The van der Waals surface area contributed by atoms with Crippen LogP contribution in [-0.2, 0) is 9.53 Å². The summed E-state index contributed by atoms with van der Waals surface area (Å²) in [6.07, 6.45) is 4.31. The summed E-state index contributed by atoms with van der Waals surface area (Å²) in [6.45, 7) is 5.46. The van der Waals surface area contributed by atoms with Crippen LogP contribution in [0.4, 0.5) is 0 Å². The molecule has 0 aliphatic carbocycles. The summed E-state index contributed by atoms with van der Waals surface area (Å²) >= 11 is 0. The Morgan fingerprint density at radius 2 is 2.50 bits per heavy atom. The van der Waals surface area contributed by atoms with Crippen LogP contribution in [0.1, 0.15) is 13.3 Å². The molecule has 1 atom stereocenters. The van der Waals surface area contributed by atoms with Gasteiger partial charge < -0.3 is 4.74 Å². The van der Waals surface area contributed by atoms with Crippen LogP contribution < -0.4 is 0 Å². The average Bonchev–Trinajstić information content (AvgIpc) is 2.14. The van der Waals surface area contributed by atoms with Crippen molar-refractivity contribution < 1.29 is 9.53 Å². The van der Waals surface area contributed by atoms with Crippen LogP contribution >= 0.6 is 0 Å². The summed E-state index contributed by atoms with van der Waals surface area (Å²) in [6, 6.07) is 0. The molecule has 2 nitrogen and oxygen atoms in total. The molecule has 0 aromatic rings. The highest BCUT2D eigenvalue weighted by Crippen LogP contribution is 2.18. The molecule has 0 bridgehead atoms. The monoisotopic (exact) mass is 138 g/mol.